The number of nitrogens with one attached hydrogen (secondary N) is 1. The predicted octanol–water partition coefficient (Wildman–Crippen LogP) is 1.92. The first-order valence-electron chi connectivity index (χ1n) is 8.46. The van der Waals surface area contributed by atoms with Crippen LogP contribution in [0.25, 0.3) is 0 Å². The van der Waals surface area contributed by atoms with Crippen LogP contribution in [0.2, 0.25) is 0 Å². The Bertz CT molecular complexity index is 880. The van der Waals surface area contributed by atoms with Gasteiger partial charge in [0.05, 0.1) is 28.9 Å². The molecule has 26 heavy (non-hydrogen) atoms. The Hall–Kier alpha value is -2.67. The second-order valence-corrected chi connectivity index (χ2v) is 6.94. The van der Waals surface area contributed by atoms with Gasteiger partial charge in [-0.05, 0) is 42.9 Å². The van der Waals surface area contributed by atoms with Gasteiger partial charge in [-0.2, -0.15) is 0 Å². The van der Waals surface area contributed by atoms with Gasteiger partial charge in [-0.25, -0.2) is 14.0 Å². The predicted molar refractivity (Wildman–Crippen MR) is 88.6 cm³/mol. The zero-order valence-electron chi connectivity index (χ0n) is 14.1. The standard InChI is InChI=1S/C19H18FNO5/c1-8-14(18(23)24)16(17-13(21-8)7-26-19(17)25)11-3-2-4-12(20)15(11)9-5-10(22)6-9/h2-4,9-10,16,21-22H,5-7H2,1H3,(H,23,24). The summed E-state index contributed by atoms with van der Waals surface area (Å²) >= 11 is 0. The SMILES string of the molecule is CC1=C(C(=O)O)C(c2cccc(F)c2C2CC(O)C2)C2=C(COC2=O)N1. The van der Waals surface area contributed by atoms with Crippen LogP contribution in [0.15, 0.2) is 40.7 Å². The third kappa shape index (κ3) is 2.42. The highest BCUT2D eigenvalue weighted by atomic mass is 19.1. The number of rotatable bonds is 3. The summed E-state index contributed by atoms with van der Waals surface area (Å²) in [4.78, 5) is 24.2. The Morgan fingerprint density at radius 1 is 1.35 bits per heavy atom. The number of hydrogen-bond donors (Lipinski definition) is 3. The minimum Gasteiger partial charge on any atom is -0.478 e. The van der Waals surface area contributed by atoms with Gasteiger partial charge in [0.1, 0.15) is 12.4 Å². The number of carboxylic acids is 1. The molecule has 0 spiro atoms. The number of carbonyl (C=O) groups is 2. The third-order valence-electron chi connectivity index (χ3n) is 5.36. The van der Waals surface area contributed by atoms with Crippen LogP contribution in [0.4, 0.5) is 4.39 Å². The van der Waals surface area contributed by atoms with E-state index in [1.165, 1.54) is 12.1 Å². The van der Waals surface area contributed by atoms with Crippen molar-refractivity contribution in [2.75, 3.05) is 6.61 Å². The van der Waals surface area contributed by atoms with E-state index in [4.69, 9.17) is 4.74 Å². The lowest BCUT2D eigenvalue weighted by atomic mass is 9.71. The van der Waals surface area contributed by atoms with Crippen LogP contribution in [-0.4, -0.2) is 34.9 Å². The molecule has 0 amide bonds. The average Bonchev–Trinajstić information content (AvgIpc) is 2.91. The molecule has 2 aliphatic heterocycles. The fraction of sp³-hybridized carbons (Fsp3) is 0.368. The number of aliphatic carboxylic acids is 1. The summed E-state index contributed by atoms with van der Waals surface area (Å²) in [5, 5.41) is 22.3. The van der Waals surface area contributed by atoms with Crippen LogP contribution in [0.5, 0.6) is 0 Å². The van der Waals surface area contributed by atoms with Crippen LogP contribution < -0.4 is 5.32 Å². The Kier molecular flexibility index (Phi) is 3.84. The molecule has 1 fully saturated rings. The first-order chi connectivity index (χ1) is 12.4. The van der Waals surface area contributed by atoms with Gasteiger partial charge in [-0.3, -0.25) is 0 Å². The topological polar surface area (TPSA) is 95.9 Å². The summed E-state index contributed by atoms with van der Waals surface area (Å²) in [5.41, 5.74) is 1.98. The van der Waals surface area contributed by atoms with Gasteiger partial charge in [0.15, 0.2) is 0 Å². The first kappa shape index (κ1) is 16.8. The van der Waals surface area contributed by atoms with E-state index >= 15 is 0 Å². The summed E-state index contributed by atoms with van der Waals surface area (Å²) < 4.78 is 19.8. The summed E-state index contributed by atoms with van der Waals surface area (Å²) in [7, 11) is 0. The number of benzene rings is 1. The first-order valence-corrected chi connectivity index (χ1v) is 8.46. The smallest absolute Gasteiger partial charge is 0.337 e. The molecule has 3 aliphatic rings. The lowest BCUT2D eigenvalue weighted by Gasteiger charge is -2.36. The number of aliphatic hydroxyl groups excluding tert-OH is 1. The molecular weight excluding hydrogens is 341 g/mol. The maximum atomic E-state index is 14.7. The van der Waals surface area contributed by atoms with Crippen LogP contribution >= 0.6 is 0 Å². The molecule has 7 heteroatoms. The van der Waals surface area contributed by atoms with E-state index in [-0.39, 0.29) is 23.7 Å². The molecule has 1 atom stereocenters. The molecule has 0 bridgehead atoms. The highest BCUT2D eigenvalue weighted by Gasteiger charge is 2.44. The summed E-state index contributed by atoms with van der Waals surface area (Å²) in [6.07, 6.45) is 0.351. The number of esters is 1. The van der Waals surface area contributed by atoms with Crippen LogP contribution in [0.1, 0.15) is 42.7 Å². The van der Waals surface area contributed by atoms with Gasteiger partial charge in [0.2, 0.25) is 0 Å². The molecule has 0 radical (unpaired) electrons. The quantitative estimate of drug-likeness (QED) is 0.714. The number of carboxylic acid groups (broad SMARTS) is 1. The summed E-state index contributed by atoms with van der Waals surface area (Å²) in [6, 6.07) is 4.50. The Labute approximate surface area is 149 Å². The number of hydrogen-bond acceptors (Lipinski definition) is 5. The summed E-state index contributed by atoms with van der Waals surface area (Å²) in [6.45, 7) is 1.66. The van der Waals surface area contributed by atoms with Crippen LogP contribution in [-0.2, 0) is 14.3 Å². The molecule has 1 saturated carbocycles. The van der Waals surface area contributed by atoms with E-state index in [1.54, 1.807) is 13.0 Å². The van der Waals surface area contributed by atoms with Crippen molar-refractivity contribution in [1.82, 2.24) is 5.32 Å². The zero-order chi connectivity index (χ0) is 18.6. The van der Waals surface area contributed by atoms with Crippen molar-refractivity contribution in [2.45, 2.75) is 37.7 Å². The van der Waals surface area contributed by atoms with Crippen molar-refractivity contribution in [3.8, 4) is 0 Å². The number of halogens is 1. The van der Waals surface area contributed by atoms with Gasteiger partial charge in [0.25, 0.3) is 0 Å². The highest BCUT2D eigenvalue weighted by molar-refractivity contribution is 6.00. The van der Waals surface area contributed by atoms with Crippen molar-refractivity contribution >= 4 is 11.9 Å². The molecule has 6 nitrogen and oxygen atoms in total. The van der Waals surface area contributed by atoms with E-state index in [1.807, 2.05) is 0 Å². The maximum Gasteiger partial charge on any atom is 0.337 e. The monoisotopic (exact) mass is 359 g/mol. The van der Waals surface area contributed by atoms with Gasteiger partial charge in [0, 0.05) is 5.70 Å². The number of cyclic esters (lactones) is 1. The van der Waals surface area contributed by atoms with E-state index < -0.39 is 29.8 Å². The number of allylic oxidation sites excluding steroid dienone is 1. The van der Waals surface area contributed by atoms with Crippen LogP contribution in [0.3, 0.4) is 0 Å². The van der Waals surface area contributed by atoms with Gasteiger partial charge in [-0.15, -0.1) is 0 Å². The fourth-order valence-corrected chi connectivity index (χ4v) is 4.12. The molecule has 1 aromatic rings. The molecule has 2 heterocycles. The van der Waals surface area contributed by atoms with Crippen molar-refractivity contribution in [3.63, 3.8) is 0 Å². The average molecular weight is 359 g/mol. The molecule has 0 saturated heterocycles. The minimum atomic E-state index is -1.17. The van der Waals surface area contributed by atoms with Gasteiger partial charge >= 0.3 is 11.9 Å². The Balaban J connectivity index is 1.92. The molecule has 0 aromatic heterocycles. The molecule has 1 unspecified atom stereocenters. The number of ether oxygens (including phenoxy) is 1. The van der Waals surface area contributed by atoms with E-state index in [9.17, 15) is 24.2 Å². The molecule has 1 aromatic carbocycles. The molecule has 3 N–H and O–H groups in total. The van der Waals surface area contributed by atoms with Crippen molar-refractivity contribution in [2.24, 2.45) is 0 Å². The largest absolute Gasteiger partial charge is 0.478 e. The zero-order valence-corrected chi connectivity index (χ0v) is 14.1. The molecule has 4 rings (SSSR count). The fourth-order valence-electron chi connectivity index (χ4n) is 4.12. The minimum absolute atomic E-state index is 0.00863. The number of aliphatic hydroxyl groups is 1. The van der Waals surface area contributed by atoms with Crippen molar-refractivity contribution < 1.29 is 28.9 Å². The number of carbonyl (C=O) groups excluding carboxylic acids is 1. The molecular formula is C19H18FNO5. The lowest BCUT2D eigenvalue weighted by molar-refractivity contribution is -0.136. The molecule has 1 aliphatic carbocycles. The summed E-state index contributed by atoms with van der Waals surface area (Å²) in [5.74, 6) is -3.31. The van der Waals surface area contributed by atoms with Crippen molar-refractivity contribution in [3.05, 3.63) is 57.7 Å². The van der Waals surface area contributed by atoms with Gasteiger partial charge in [-0.1, -0.05) is 12.1 Å². The Morgan fingerprint density at radius 2 is 2.08 bits per heavy atom. The lowest BCUT2D eigenvalue weighted by Crippen LogP contribution is -2.32. The maximum absolute atomic E-state index is 14.7. The van der Waals surface area contributed by atoms with Gasteiger partial charge < -0.3 is 20.3 Å². The molecule has 136 valence electrons. The van der Waals surface area contributed by atoms with E-state index in [0.29, 0.717) is 35.4 Å². The third-order valence-corrected chi connectivity index (χ3v) is 5.36. The van der Waals surface area contributed by atoms with E-state index in [2.05, 4.69) is 5.32 Å². The van der Waals surface area contributed by atoms with E-state index in [0.717, 1.165) is 0 Å². The van der Waals surface area contributed by atoms with Crippen molar-refractivity contribution in [1.29, 1.82) is 0 Å². The Morgan fingerprint density at radius 3 is 2.73 bits per heavy atom. The number of dihydropyridines is 1. The van der Waals surface area contributed by atoms with Crippen LogP contribution in [0, 0.1) is 5.82 Å². The second kappa shape index (κ2) is 5.95. The highest BCUT2D eigenvalue weighted by Crippen LogP contribution is 2.47. The normalized spacial score (nSPS) is 27.7. The second-order valence-electron chi connectivity index (χ2n) is 6.94.